The van der Waals surface area contributed by atoms with E-state index in [1.807, 2.05) is 0 Å². The molecule has 2 aromatic heterocycles. The van der Waals surface area contributed by atoms with Gasteiger partial charge in [-0.05, 0) is 51.6 Å². The summed E-state index contributed by atoms with van der Waals surface area (Å²) < 4.78 is 60.0. The van der Waals surface area contributed by atoms with Gasteiger partial charge in [0.1, 0.15) is 18.4 Å². The molecule has 0 spiro atoms. The van der Waals surface area contributed by atoms with Crippen LogP contribution in [0.3, 0.4) is 0 Å². The lowest BCUT2D eigenvalue weighted by atomic mass is 10.1. The van der Waals surface area contributed by atoms with Crippen molar-refractivity contribution in [3.63, 3.8) is 0 Å². The Labute approximate surface area is 239 Å². The maximum Gasteiger partial charge on any atom is 0.323 e. The maximum absolute atomic E-state index is 16.1. The van der Waals surface area contributed by atoms with Gasteiger partial charge in [-0.25, -0.2) is 18.9 Å². The van der Waals surface area contributed by atoms with Crippen molar-refractivity contribution in [2.75, 3.05) is 18.9 Å². The molecule has 3 aromatic rings. The molecule has 224 valence electrons. The number of benzene rings is 1. The number of esters is 1. The standard InChI is InChI=1S/C24H31F2N6O7PS/c1-5-35-20-17-19(29-23(27)30-20)32(12-28-17)21-16(25)18(33)24(26,38-21)11-36-40(41,39-15-9-7-6-8-10-15)31-14(4)22(34)37-13(2)3/h6-10,12-14,16,18,21,33H,5,11H2,1-4H3,(H,31,41)(H2,27,29,30)/t14-,16+,18+,21-,24-,40+/m1/s1. The number of aromatic nitrogens is 4. The minimum Gasteiger partial charge on any atom is -0.476 e. The molecular weight excluding hydrogens is 585 g/mol. The zero-order valence-corrected chi connectivity index (χ0v) is 24.4. The van der Waals surface area contributed by atoms with E-state index in [1.165, 1.54) is 6.92 Å². The predicted octanol–water partition coefficient (Wildman–Crippen LogP) is 2.95. The molecule has 0 saturated carbocycles. The molecule has 0 radical (unpaired) electrons. The predicted molar refractivity (Wildman–Crippen MR) is 147 cm³/mol. The third kappa shape index (κ3) is 6.90. The van der Waals surface area contributed by atoms with Gasteiger partial charge in [-0.1, -0.05) is 18.2 Å². The lowest BCUT2D eigenvalue weighted by molar-refractivity contribution is -0.202. The number of carbonyl (C=O) groups excluding carboxylic acids is 1. The van der Waals surface area contributed by atoms with Crippen LogP contribution in [0.5, 0.6) is 11.6 Å². The van der Waals surface area contributed by atoms with E-state index in [0.29, 0.717) is 0 Å². The highest BCUT2D eigenvalue weighted by atomic mass is 32.5. The van der Waals surface area contributed by atoms with Crippen LogP contribution in [0, 0.1) is 0 Å². The quantitative estimate of drug-likeness (QED) is 0.201. The number of imidazole rings is 1. The van der Waals surface area contributed by atoms with Gasteiger partial charge < -0.3 is 34.1 Å². The monoisotopic (exact) mass is 616 g/mol. The number of para-hydroxylation sites is 1. The van der Waals surface area contributed by atoms with E-state index in [2.05, 4.69) is 20.0 Å². The van der Waals surface area contributed by atoms with Gasteiger partial charge >= 0.3 is 12.6 Å². The molecule has 4 N–H and O–H groups in total. The van der Waals surface area contributed by atoms with Crippen molar-refractivity contribution in [3.8, 4) is 11.6 Å². The zero-order chi connectivity index (χ0) is 29.9. The Morgan fingerprint density at radius 2 is 2.02 bits per heavy atom. The van der Waals surface area contributed by atoms with Crippen LogP contribution in [0.15, 0.2) is 36.7 Å². The second kappa shape index (κ2) is 12.5. The number of nitrogens with zero attached hydrogens (tertiary/aromatic N) is 4. The Kier molecular flexibility index (Phi) is 9.41. The average molecular weight is 617 g/mol. The number of halogens is 2. The fourth-order valence-corrected chi connectivity index (χ4v) is 6.29. The summed E-state index contributed by atoms with van der Waals surface area (Å²) in [4.78, 5) is 24.6. The number of carbonyl (C=O) groups is 1. The minimum absolute atomic E-state index is 0.00246. The van der Waals surface area contributed by atoms with Crippen LogP contribution in [0.1, 0.15) is 33.9 Å². The summed E-state index contributed by atoms with van der Waals surface area (Å²) in [6, 6.07) is 7.23. The molecule has 41 heavy (non-hydrogen) atoms. The number of alkyl halides is 2. The molecule has 1 fully saturated rings. The van der Waals surface area contributed by atoms with Crippen LogP contribution in [0.4, 0.5) is 14.7 Å². The Balaban J connectivity index is 1.57. The molecule has 13 nitrogen and oxygen atoms in total. The Bertz CT molecular complexity index is 1420. The van der Waals surface area contributed by atoms with Crippen LogP contribution in [-0.4, -0.2) is 74.1 Å². The third-order valence-corrected chi connectivity index (χ3v) is 8.23. The summed E-state index contributed by atoms with van der Waals surface area (Å²) in [6.07, 6.45) is -5.56. The van der Waals surface area contributed by atoms with Gasteiger partial charge in [-0.2, -0.15) is 9.97 Å². The normalized spacial score (nSPS) is 24.7. The molecule has 0 unspecified atom stereocenters. The molecule has 1 aliphatic rings. The van der Waals surface area contributed by atoms with Crippen LogP contribution < -0.4 is 20.1 Å². The molecule has 0 amide bonds. The SMILES string of the molecule is CCOc1nc(N)nc2c1ncn2[C@@H]1O[C@](F)(CO[P@@](=S)(N[C@H](C)C(=O)OC(C)C)Oc2ccccc2)[C@@H](O)[C@@H]1F. The minimum atomic E-state index is -3.72. The highest BCUT2D eigenvalue weighted by Crippen LogP contribution is 2.49. The van der Waals surface area contributed by atoms with Crippen molar-refractivity contribution in [1.29, 1.82) is 0 Å². The van der Waals surface area contributed by atoms with Crippen molar-refractivity contribution in [3.05, 3.63) is 36.7 Å². The number of aliphatic hydroxyl groups is 1. The number of anilines is 1. The summed E-state index contributed by atoms with van der Waals surface area (Å²) in [7, 11) is 0. The molecule has 1 saturated heterocycles. The molecule has 1 aliphatic heterocycles. The molecule has 6 atom stereocenters. The zero-order valence-electron chi connectivity index (χ0n) is 22.6. The number of fused-ring (bicyclic) bond motifs is 1. The molecule has 0 bridgehead atoms. The van der Waals surface area contributed by atoms with Gasteiger partial charge in [0.25, 0.3) is 5.85 Å². The lowest BCUT2D eigenvalue weighted by Crippen LogP contribution is -2.43. The second-order valence-corrected chi connectivity index (χ2v) is 12.5. The molecular formula is C24H31F2N6O7PS. The number of aliphatic hydroxyl groups excluding tert-OH is 1. The fourth-order valence-electron chi connectivity index (χ4n) is 3.90. The second-order valence-electron chi connectivity index (χ2n) is 9.34. The maximum atomic E-state index is 16.1. The number of rotatable bonds is 12. The van der Waals surface area contributed by atoms with E-state index in [0.717, 1.165) is 10.9 Å². The van der Waals surface area contributed by atoms with Gasteiger partial charge in [-0.3, -0.25) is 9.36 Å². The Hall–Kier alpha value is -3.01. The van der Waals surface area contributed by atoms with Crippen molar-refractivity contribution >= 4 is 41.5 Å². The number of nitrogens with one attached hydrogen (secondary N) is 1. The largest absolute Gasteiger partial charge is 0.476 e. The fraction of sp³-hybridized carbons (Fsp3) is 0.500. The summed E-state index contributed by atoms with van der Waals surface area (Å²) >= 11 is 5.56. The summed E-state index contributed by atoms with van der Waals surface area (Å²) in [6.45, 7) is 2.01. The topological polar surface area (TPSA) is 165 Å². The van der Waals surface area contributed by atoms with E-state index in [-0.39, 0.29) is 35.3 Å². The Morgan fingerprint density at radius 3 is 2.68 bits per heavy atom. The van der Waals surface area contributed by atoms with Gasteiger partial charge in [0.05, 0.1) is 19.0 Å². The van der Waals surface area contributed by atoms with Crippen molar-refractivity contribution < 1.29 is 41.9 Å². The van der Waals surface area contributed by atoms with E-state index in [9.17, 15) is 9.90 Å². The molecule has 17 heteroatoms. The molecule has 3 heterocycles. The Morgan fingerprint density at radius 1 is 1.32 bits per heavy atom. The van der Waals surface area contributed by atoms with Crippen molar-refractivity contribution in [1.82, 2.24) is 24.6 Å². The van der Waals surface area contributed by atoms with Crippen molar-refractivity contribution in [2.45, 2.75) is 64.2 Å². The van der Waals surface area contributed by atoms with Gasteiger partial charge in [0.2, 0.25) is 11.8 Å². The first-order chi connectivity index (χ1) is 19.4. The number of nitrogen functional groups attached to an aromatic ring is 1. The van der Waals surface area contributed by atoms with E-state index >= 15 is 8.78 Å². The van der Waals surface area contributed by atoms with Crippen molar-refractivity contribution in [2.24, 2.45) is 0 Å². The summed E-state index contributed by atoms with van der Waals surface area (Å²) in [5, 5.41) is 13.3. The van der Waals surface area contributed by atoms with E-state index in [4.69, 9.17) is 40.8 Å². The molecule has 4 rings (SSSR count). The van der Waals surface area contributed by atoms with Gasteiger partial charge in [-0.15, -0.1) is 0 Å². The summed E-state index contributed by atoms with van der Waals surface area (Å²) in [5.74, 6) is -3.61. The highest BCUT2D eigenvalue weighted by Gasteiger charge is 2.58. The van der Waals surface area contributed by atoms with Crippen LogP contribution in [-0.2, 0) is 30.6 Å². The van der Waals surface area contributed by atoms with E-state index < -0.39 is 55.7 Å². The number of hydrogen-bond donors (Lipinski definition) is 3. The molecule has 0 aliphatic carbocycles. The molecule has 1 aromatic carbocycles. The number of ether oxygens (including phenoxy) is 3. The smallest absolute Gasteiger partial charge is 0.323 e. The number of nitrogens with two attached hydrogens (primary N) is 1. The van der Waals surface area contributed by atoms with Crippen LogP contribution >= 0.6 is 6.64 Å². The van der Waals surface area contributed by atoms with Gasteiger partial charge in [0, 0.05) is 0 Å². The summed E-state index contributed by atoms with van der Waals surface area (Å²) in [5.41, 5.74) is 5.90. The first kappa shape index (κ1) is 30.9. The first-order valence-corrected chi connectivity index (χ1v) is 15.3. The van der Waals surface area contributed by atoms with E-state index in [1.54, 1.807) is 51.1 Å². The average Bonchev–Trinajstić information content (AvgIpc) is 3.42. The van der Waals surface area contributed by atoms with Crippen LogP contribution in [0.2, 0.25) is 0 Å². The third-order valence-electron chi connectivity index (χ3n) is 5.75. The van der Waals surface area contributed by atoms with Crippen LogP contribution in [0.25, 0.3) is 11.2 Å². The number of hydrogen-bond acceptors (Lipinski definition) is 12. The first-order valence-electron chi connectivity index (χ1n) is 12.6. The lowest BCUT2D eigenvalue weighted by Gasteiger charge is -2.30. The van der Waals surface area contributed by atoms with Gasteiger partial charge in [0.15, 0.2) is 29.7 Å². The highest BCUT2D eigenvalue weighted by molar-refractivity contribution is 8.09.